The highest BCUT2D eigenvalue weighted by molar-refractivity contribution is 6.53. The summed E-state index contributed by atoms with van der Waals surface area (Å²) in [4.78, 5) is 22.0. The molecule has 268 valence electrons. The third kappa shape index (κ3) is 4.80. The third-order valence-corrected chi connectivity index (χ3v) is 12.1. The number of likely N-dealkylation sites (N-methyl/N-ethyl adjacent to an activating group) is 1. The van der Waals surface area contributed by atoms with E-state index in [2.05, 4.69) is 68.3 Å². The monoisotopic (exact) mass is 722 g/mol. The van der Waals surface area contributed by atoms with Crippen molar-refractivity contribution in [2.45, 2.75) is 36.7 Å². The summed E-state index contributed by atoms with van der Waals surface area (Å²) in [6, 6.07) is 37.3. The maximum Gasteiger partial charge on any atom is 0.208 e. The highest BCUT2D eigenvalue weighted by Crippen LogP contribution is 2.58. The van der Waals surface area contributed by atoms with Gasteiger partial charge in [-0.15, -0.1) is 0 Å². The van der Waals surface area contributed by atoms with Crippen molar-refractivity contribution >= 4 is 22.8 Å². The van der Waals surface area contributed by atoms with Crippen LogP contribution in [0, 0.1) is 11.6 Å². The van der Waals surface area contributed by atoms with Gasteiger partial charge in [-0.25, -0.2) is 8.78 Å². The van der Waals surface area contributed by atoms with E-state index in [-0.39, 0.29) is 34.7 Å². The zero-order chi connectivity index (χ0) is 37.6. The van der Waals surface area contributed by atoms with E-state index in [1.807, 2.05) is 60.8 Å². The van der Waals surface area contributed by atoms with Crippen LogP contribution < -0.4 is 4.90 Å². The quantitative estimate of drug-likeness (QED) is 0.186. The Bertz CT molecular complexity index is 2610. The zero-order valence-electron chi connectivity index (χ0n) is 30.6. The van der Waals surface area contributed by atoms with Crippen molar-refractivity contribution in [1.29, 1.82) is 0 Å². The lowest BCUT2D eigenvalue weighted by atomic mass is 9.61. The van der Waals surface area contributed by atoms with Crippen molar-refractivity contribution in [3.8, 4) is 0 Å². The minimum absolute atomic E-state index is 0.0968. The molecule has 4 nitrogen and oxygen atoms in total. The Morgan fingerprint density at radius 3 is 1.95 bits per heavy atom. The number of fused-ring (bicyclic) bond motifs is 10. The summed E-state index contributed by atoms with van der Waals surface area (Å²) in [6.07, 6.45) is 9.88. The second-order valence-electron chi connectivity index (χ2n) is 15.3. The maximum absolute atomic E-state index is 14.8. The molecule has 5 aliphatic rings. The SMILES string of the molecule is CN1/C(=C/N=C2C(=O)C3=CC=C4C5=C(C=CC(c6ccc(F)cc6)(c6ccc(F)cc6)O5)c5ccccc5C4C3c3ccccc32)C(C)(C)c2ccccc21. The molecule has 3 aliphatic carbocycles. The van der Waals surface area contributed by atoms with E-state index in [1.165, 1.54) is 29.8 Å². The van der Waals surface area contributed by atoms with Crippen LogP contribution in [-0.4, -0.2) is 18.5 Å². The Morgan fingerprint density at radius 2 is 1.27 bits per heavy atom. The van der Waals surface area contributed by atoms with Crippen LogP contribution in [-0.2, 0) is 20.5 Å². The number of nitrogens with zero attached hydrogens (tertiary/aromatic N) is 2. The lowest BCUT2D eigenvalue weighted by Gasteiger charge is -2.45. The van der Waals surface area contributed by atoms with Gasteiger partial charge in [0.25, 0.3) is 0 Å². The Morgan fingerprint density at radius 1 is 0.709 bits per heavy atom. The van der Waals surface area contributed by atoms with Crippen molar-refractivity contribution in [3.05, 3.63) is 225 Å². The summed E-state index contributed by atoms with van der Waals surface area (Å²) in [7, 11) is 2.05. The molecule has 0 bridgehead atoms. The Kier molecular flexibility index (Phi) is 7.27. The number of allylic oxidation sites excluding steroid dienone is 7. The first-order valence-electron chi connectivity index (χ1n) is 18.6. The number of halogens is 2. The van der Waals surface area contributed by atoms with Crippen molar-refractivity contribution in [2.75, 3.05) is 11.9 Å². The molecule has 0 aromatic heterocycles. The summed E-state index contributed by atoms with van der Waals surface area (Å²) in [5, 5.41) is 0. The van der Waals surface area contributed by atoms with Crippen LogP contribution in [0.1, 0.15) is 64.6 Å². The summed E-state index contributed by atoms with van der Waals surface area (Å²) >= 11 is 0. The van der Waals surface area contributed by atoms with Gasteiger partial charge >= 0.3 is 0 Å². The fourth-order valence-corrected chi connectivity index (χ4v) is 9.44. The van der Waals surface area contributed by atoms with E-state index < -0.39 is 5.60 Å². The van der Waals surface area contributed by atoms with E-state index in [0.29, 0.717) is 28.2 Å². The van der Waals surface area contributed by atoms with E-state index in [1.54, 1.807) is 24.3 Å². The van der Waals surface area contributed by atoms with Gasteiger partial charge in [-0.05, 0) is 64.7 Å². The van der Waals surface area contributed by atoms with Gasteiger partial charge in [-0.2, -0.15) is 0 Å². The molecule has 55 heavy (non-hydrogen) atoms. The van der Waals surface area contributed by atoms with Crippen molar-refractivity contribution in [3.63, 3.8) is 0 Å². The third-order valence-electron chi connectivity index (χ3n) is 12.1. The fourth-order valence-electron chi connectivity index (χ4n) is 9.44. The average Bonchev–Trinajstić information content (AvgIpc) is 3.41. The van der Waals surface area contributed by atoms with Crippen molar-refractivity contribution in [2.24, 2.45) is 4.99 Å². The average molecular weight is 723 g/mol. The van der Waals surface area contributed by atoms with E-state index in [0.717, 1.165) is 44.8 Å². The van der Waals surface area contributed by atoms with Gasteiger partial charge < -0.3 is 9.64 Å². The van der Waals surface area contributed by atoms with E-state index in [9.17, 15) is 13.6 Å². The topological polar surface area (TPSA) is 41.9 Å². The van der Waals surface area contributed by atoms with E-state index in [4.69, 9.17) is 9.73 Å². The van der Waals surface area contributed by atoms with Crippen LogP contribution >= 0.6 is 0 Å². The first-order valence-corrected chi connectivity index (χ1v) is 18.6. The van der Waals surface area contributed by atoms with Crippen molar-refractivity contribution < 1.29 is 18.3 Å². The van der Waals surface area contributed by atoms with Gasteiger partial charge in [0, 0.05) is 75.3 Å². The molecule has 0 spiro atoms. The van der Waals surface area contributed by atoms with Gasteiger partial charge in [-0.3, -0.25) is 9.79 Å². The summed E-state index contributed by atoms with van der Waals surface area (Å²) < 4.78 is 35.8. The number of para-hydroxylation sites is 1. The molecule has 0 saturated heterocycles. The van der Waals surface area contributed by atoms with Crippen LogP contribution in [0.4, 0.5) is 14.5 Å². The molecule has 0 saturated carbocycles. The first-order chi connectivity index (χ1) is 26.7. The summed E-state index contributed by atoms with van der Waals surface area (Å²) in [5.41, 5.74) is 10.3. The highest BCUT2D eigenvalue weighted by atomic mass is 19.1. The van der Waals surface area contributed by atoms with Gasteiger partial charge in [0.15, 0.2) is 5.60 Å². The highest BCUT2D eigenvalue weighted by Gasteiger charge is 2.49. The second-order valence-corrected chi connectivity index (χ2v) is 15.3. The molecule has 2 aliphatic heterocycles. The number of ether oxygens (including phenoxy) is 1. The molecule has 0 radical (unpaired) electrons. The predicted molar refractivity (Wildman–Crippen MR) is 213 cm³/mol. The number of carbonyl (C=O) groups excluding carboxylic acids is 1. The maximum atomic E-state index is 14.8. The number of benzene rings is 5. The van der Waals surface area contributed by atoms with Gasteiger partial charge in [0.05, 0.1) is 0 Å². The lowest BCUT2D eigenvalue weighted by molar-refractivity contribution is -0.110. The van der Waals surface area contributed by atoms with Crippen molar-refractivity contribution in [1.82, 2.24) is 0 Å². The smallest absolute Gasteiger partial charge is 0.208 e. The Hall–Kier alpha value is -6.40. The number of Topliss-reactive ketones (excluding diaryl/α,β-unsaturated/α-hetero) is 1. The van der Waals surface area contributed by atoms with Crippen LogP contribution in [0.2, 0.25) is 0 Å². The second kappa shape index (κ2) is 12.1. The molecule has 2 unspecified atom stereocenters. The standard InChI is InChI=1S/C49H36F2N2O2/c1-48(2)40-14-8-9-15-41(40)53(3)42(48)28-52-45-36-13-7-6-12-35(36)43-38(46(45)54)24-25-39-44(43)34-11-5-4-10-33(34)37-26-27-49(55-47(37)39,29-16-20-31(50)21-17-29)30-18-22-32(51)23-19-30/h4-28,43-44H,1-3H3/b42-28+,52-45?. The predicted octanol–water partition coefficient (Wildman–Crippen LogP) is 10.6. The molecule has 6 heteroatoms. The molecule has 5 aromatic rings. The number of carbonyl (C=O) groups is 1. The number of hydrogen-bond donors (Lipinski definition) is 0. The van der Waals surface area contributed by atoms with Crippen LogP contribution in [0.3, 0.4) is 0 Å². The molecule has 0 N–H and O–H groups in total. The summed E-state index contributed by atoms with van der Waals surface area (Å²) in [6.45, 7) is 4.38. The summed E-state index contributed by atoms with van der Waals surface area (Å²) in [5.74, 6) is -0.696. The van der Waals surface area contributed by atoms with Crippen LogP contribution in [0.15, 0.2) is 179 Å². The molecule has 0 amide bonds. The number of anilines is 1. The molecule has 10 rings (SSSR count). The molecular weight excluding hydrogens is 687 g/mol. The molecular formula is C49H36F2N2O2. The van der Waals surface area contributed by atoms with E-state index >= 15 is 0 Å². The molecule has 5 aromatic carbocycles. The van der Waals surface area contributed by atoms with Crippen LogP contribution in [0.25, 0.3) is 5.57 Å². The fraction of sp³-hybridized carbons (Fsp3) is 0.143. The van der Waals surface area contributed by atoms with Gasteiger partial charge in [-0.1, -0.05) is 117 Å². The Labute approximate surface area is 318 Å². The Balaban J connectivity index is 1.13. The van der Waals surface area contributed by atoms with Gasteiger partial charge in [0.2, 0.25) is 5.78 Å². The number of rotatable bonds is 3. The first kappa shape index (κ1) is 33.2. The number of ketones is 1. The number of hydrogen-bond acceptors (Lipinski definition) is 4. The number of aliphatic imine (C=N–C) groups is 1. The zero-order valence-corrected chi connectivity index (χ0v) is 30.6. The normalized spacial score (nSPS) is 22.5. The minimum atomic E-state index is -1.17. The molecule has 2 heterocycles. The molecule has 2 atom stereocenters. The minimum Gasteiger partial charge on any atom is -0.473 e. The van der Waals surface area contributed by atoms with Gasteiger partial charge in [0.1, 0.15) is 23.1 Å². The largest absolute Gasteiger partial charge is 0.473 e. The lowest BCUT2D eigenvalue weighted by Crippen LogP contribution is -2.38. The molecule has 0 fully saturated rings. The van der Waals surface area contributed by atoms with Crippen LogP contribution in [0.5, 0.6) is 0 Å².